The summed E-state index contributed by atoms with van der Waals surface area (Å²) in [4.78, 5) is 0. The van der Waals surface area contributed by atoms with Gasteiger partial charge in [0.2, 0.25) is 0 Å². The maximum atomic E-state index is 5.63. The SMILES string of the molecule is Cc1ccc(OCCCOCc2ccccc2)cc1. The van der Waals surface area contributed by atoms with Crippen LogP contribution in [-0.2, 0) is 11.3 Å². The van der Waals surface area contributed by atoms with Gasteiger partial charge in [0, 0.05) is 6.42 Å². The van der Waals surface area contributed by atoms with Gasteiger partial charge in [0.25, 0.3) is 0 Å². The lowest BCUT2D eigenvalue weighted by Crippen LogP contribution is -2.03. The zero-order valence-electron chi connectivity index (χ0n) is 11.3. The van der Waals surface area contributed by atoms with Crippen LogP contribution in [0.1, 0.15) is 17.5 Å². The van der Waals surface area contributed by atoms with E-state index in [2.05, 4.69) is 31.2 Å². The van der Waals surface area contributed by atoms with Gasteiger partial charge < -0.3 is 9.47 Å². The first-order chi connectivity index (χ1) is 9.34. The van der Waals surface area contributed by atoms with E-state index >= 15 is 0 Å². The molecule has 0 spiro atoms. The molecule has 0 aliphatic heterocycles. The van der Waals surface area contributed by atoms with E-state index in [0.717, 1.165) is 18.8 Å². The van der Waals surface area contributed by atoms with Crippen LogP contribution in [0.15, 0.2) is 54.6 Å². The Kier molecular flexibility index (Phi) is 5.45. The van der Waals surface area contributed by atoms with Crippen molar-refractivity contribution in [1.82, 2.24) is 0 Å². The van der Waals surface area contributed by atoms with Gasteiger partial charge in [-0.1, -0.05) is 48.0 Å². The van der Waals surface area contributed by atoms with Crippen LogP contribution in [0.4, 0.5) is 0 Å². The highest BCUT2D eigenvalue weighted by atomic mass is 16.5. The molecule has 0 N–H and O–H groups in total. The van der Waals surface area contributed by atoms with Crippen LogP contribution in [0.25, 0.3) is 0 Å². The Balaban J connectivity index is 1.56. The van der Waals surface area contributed by atoms with Gasteiger partial charge >= 0.3 is 0 Å². The number of rotatable bonds is 7. The maximum Gasteiger partial charge on any atom is 0.119 e. The van der Waals surface area contributed by atoms with Crippen molar-refractivity contribution < 1.29 is 9.47 Å². The van der Waals surface area contributed by atoms with Gasteiger partial charge in [-0.15, -0.1) is 0 Å². The summed E-state index contributed by atoms with van der Waals surface area (Å²) in [5.41, 5.74) is 2.46. The van der Waals surface area contributed by atoms with Crippen molar-refractivity contribution in [3.05, 3.63) is 65.7 Å². The predicted molar refractivity (Wildman–Crippen MR) is 77.4 cm³/mol. The van der Waals surface area contributed by atoms with E-state index in [9.17, 15) is 0 Å². The van der Waals surface area contributed by atoms with Crippen molar-refractivity contribution in [2.75, 3.05) is 13.2 Å². The lowest BCUT2D eigenvalue weighted by molar-refractivity contribution is 0.107. The van der Waals surface area contributed by atoms with Gasteiger partial charge in [-0.2, -0.15) is 0 Å². The molecule has 2 nitrogen and oxygen atoms in total. The third-order valence-corrected chi connectivity index (χ3v) is 2.83. The zero-order chi connectivity index (χ0) is 13.3. The molecule has 0 saturated carbocycles. The smallest absolute Gasteiger partial charge is 0.119 e. The Labute approximate surface area is 115 Å². The molecule has 0 saturated heterocycles. The van der Waals surface area contributed by atoms with E-state index in [1.807, 2.05) is 30.3 Å². The zero-order valence-corrected chi connectivity index (χ0v) is 11.3. The summed E-state index contributed by atoms with van der Waals surface area (Å²) >= 11 is 0. The van der Waals surface area contributed by atoms with Gasteiger partial charge in [0.05, 0.1) is 19.8 Å². The van der Waals surface area contributed by atoms with Crippen LogP contribution in [0, 0.1) is 6.92 Å². The number of hydrogen-bond donors (Lipinski definition) is 0. The minimum absolute atomic E-state index is 0.672. The molecule has 19 heavy (non-hydrogen) atoms. The molecule has 0 atom stereocenters. The Morgan fingerprint density at radius 2 is 1.58 bits per heavy atom. The summed E-state index contributed by atoms with van der Waals surface area (Å²) in [5.74, 6) is 0.925. The fourth-order valence-electron chi connectivity index (χ4n) is 1.75. The first-order valence-corrected chi connectivity index (χ1v) is 6.66. The van der Waals surface area contributed by atoms with Crippen LogP contribution in [0.2, 0.25) is 0 Å². The molecule has 0 bridgehead atoms. The van der Waals surface area contributed by atoms with Crippen LogP contribution >= 0.6 is 0 Å². The number of ether oxygens (including phenoxy) is 2. The van der Waals surface area contributed by atoms with Gasteiger partial charge in [0.1, 0.15) is 5.75 Å². The normalized spacial score (nSPS) is 10.4. The minimum Gasteiger partial charge on any atom is -0.494 e. The van der Waals surface area contributed by atoms with Gasteiger partial charge in [-0.25, -0.2) is 0 Å². The van der Waals surface area contributed by atoms with Gasteiger partial charge in [-0.3, -0.25) is 0 Å². The first kappa shape index (κ1) is 13.6. The second-order valence-electron chi connectivity index (χ2n) is 4.55. The van der Waals surface area contributed by atoms with Crippen LogP contribution in [0.3, 0.4) is 0 Å². The molecular weight excluding hydrogens is 236 g/mol. The largest absolute Gasteiger partial charge is 0.494 e. The average molecular weight is 256 g/mol. The van der Waals surface area contributed by atoms with Crippen molar-refractivity contribution in [2.24, 2.45) is 0 Å². The average Bonchev–Trinajstić information content (AvgIpc) is 2.46. The number of hydrogen-bond acceptors (Lipinski definition) is 2. The second kappa shape index (κ2) is 7.59. The quantitative estimate of drug-likeness (QED) is 0.698. The molecule has 0 aliphatic carbocycles. The van der Waals surface area contributed by atoms with Crippen LogP contribution < -0.4 is 4.74 Å². The molecule has 2 heteroatoms. The third kappa shape index (κ3) is 5.14. The van der Waals surface area contributed by atoms with Crippen molar-refractivity contribution in [3.8, 4) is 5.75 Å². The Morgan fingerprint density at radius 1 is 0.842 bits per heavy atom. The minimum atomic E-state index is 0.672. The van der Waals surface area contributed by atoms with E-state index in [0.29, 0.717) is 13.2 Å². The fourth-order valence-corrected chi connectivity index (χ4v) is 1.75. The van der Waals surface area contributed by atoms with Crippen molar-refractivity contribution in [2.45, 2.75) is 20.0 Å². The van der Waals surface area contributed by atoms with Crippen molar-refractivity contribution in [1.29, 1.82) is 0 Å². The van der Waals surface area contributed by atoms with E-state index in [1.54, 1.807) is 0 Å². The first-order valence-electron chi connectivity index (χ1n) is 6.66. The molecule has 0 aliphatic rings. The Bertz CT molecular complexity index is 462. The van der Waals surface area contributed by atoms with E-state index in [4.69, 9.17) is 9.47 Å². The molecule has 100 valence electrons. The lowest BCUT2D eigenvalue weighted by Gasteiger charge is -2.07. The molecule has 2 aromatic rings. The summed E-state index contributed by atoms with van der Waals surface area (Å²) in [6.45, 7) is 4.16. The Hall–Kier alpha value is -1.80. The van der Waals surface area contributed by atoms with E-state index in [-0.39, 0.29) is 0 Å². The molecule has 0 fully saturated rings. The summed E-state index contributed by atoms with van der Waals surface area (Å²) in [5, 5.41) is 0. The second-order valence-corrected chi connectivity index (χ2v) is 4.55. The highest BCUT2D eigenvalue weighted by molar-refractivity contribution is 5.26. The summed E-state index contributed by atoms with van der Waals surface area (Å²) in [6, 6.07) is 18.3. The standard InChI is InChI=1S/C17H20O2/c1-15-8-10-17(11-9-15)19-13-5-12-18-14-16-6-3-2-4-7-16/h2-4,6-11H,5,12-14H2,1H3. The third-order valence-electron chi connectivity index (χ3n) is 2.83. The van der Waals surface area contributed by atoms with Crippen LogP contribution in [-0.4, -0.2) is 13.2 Å². The molecule has 0 aromatic heterocycles. The van der Waals surface area contributed by atoms with E-state index in [1.165, 1.54) is 11.1 Å². The predicted octanol–water partition coefficient (Wildman–Crippen LogP) is 3.98. The highest BCUT2D eigenvalue weighted by Gasteiger charge is 1.95. The van der Waals surface area contributed by atoms with E-state index < -0.39 is 0 Å². The van der Waals surface area contributed by atoms with Gasteiger partial charge in [-0.05, 0) is 24.6 Å². The van der Waals surface area contributed by atoms with Gasteiger partial charge in [0.15, 0.2) is 0 Å². The topological polar surface area (TPSA) is 18.5 Å². The van der Waals surface area contributed by atoms with Crippen LogP contribution in [0.5, 0.6) is 5.75 Å². The molecule has 0 radical (unpaired) electrons. The number of benzene rings is 2. The molecule has 0 heterocycles. The summed E-state index contributed by atoms with van der Waals surface area (Å²) in [6.07, 6.45) is 0.903. The molecular formula is C17H20O2. The monoisotopic (exact) mass is 256 g/mol. The Morgan fingerprint density at radius 3 is 2.32 bits per heavy atom. The lowest BCUT2D eigenvalue weighted by atomic mass is 10.2. The maximum absolute atomic E-state index is 5.63. The molecule has 2 aromatic carbocycles. The molecule has 0 unspecified atom stereocenters. The number of aryl methyl sites for hydroxylation is 1. The molecule has 2 rings (SSSR count). The van der Waals surface area contributed by atoms with Crippen molar-refractivity contribution in [3.63, 3.8) is 0 Å². The highest BCUT2D eigenvalue weighted by Crippen LogP contribution is 2.11. The summed E-state index contributed by atoms with van der Waals surface area (Å²) < 4.78 is 11.2. The fraction of sp³-hybridized carbons (Fsp3) is 0.294. The summed E-state index contributed by atoms with van der Waals surface area (Å²) in [7, 11) is 0. The van der Waals surface area contributed by atoms with Crippen molar-refractivity contribution >= 4 is 0 Å². The molecule has 0 amide bonds.